The molecule has 1 aliphatic heterocycles. The standard InChI is InChI=1S/C23H23FN4O3/c1-2-27-14-18(23(31)26-25-13-15-6-5-7-16(29)10-15)22(30)17-11-19(24)21(12-20(17)27)28-8-3-4-9-28/h5-7,10-14,29H,2-4,8-9H2,1H3,(H,26,31)/b25-13+. The molecule has 1 aliphatic rings. The number of rotatable bonds is 5. The van der Waals surface area contributed by atoms with E-state index in [0.29, 0.717) is 23.3 Å². The maximum absolute atomic E-state index is 14.8. The molecule has 0 unspecified atom stereocenters. The van der Waals surface area contributed by atoms with E-state index in [1.54, 1.807) is 22.8 Å². The molecule has 0 bridgehead atoms. The van der Waals surface area contributed by atoms with Crippen molar-refractivity contribution >= 4 is 28.7 Å². The highest BCUT2D eigenvalue weighted by Gasteiger charge is 2.21. The first-order valence-corrected chi connectivity index (χ1v) is 10.2. The Labute approximate surface area is 178 Å². The molecule has 1 aromatic heterocycles. The van der Waals surface area contributed by atoms with E-state index >= 15 is 0 Å². The van der Waals surface area contributed by atoms with Crippen LogP contribution < -0.4 is 15.8 Å². The van der Waals surface area contributed by atoms with Crippen molar-refractivity contribution in [1.29, 1.82) is 0 Å². The zero-order valence-electron chi connectivity index (χ0n) is 17.1. The van der Waals surface area contributed by atoms with Crippen LogP contribution in [-0.4, -0.2) is 34.9 Å². The summed E-state index contributed by atoms with van der Waals surface area (Å²) in [5.41, 5.74) is 3.33. The van der Waals surface area contributed by atoms with E-state index in [9.17, 15) is 19.1 Å². The molecule has 0 atom stereocenters. The number of carbonyl (C=O) groups excluding carboxylic acids is 1. The van der Waals surface area contributed by atoms with Crippen molar-refractivity contribution in [2.75, 3.05) is 18.0 Å². The number of aromatic nitrogens is 1. The predicted molar refractivity (Wildman–Crippen MR) is 118 cm³/mol. The third-order valence-corrected chi connectivity index (χ3v) is 5.43. The van der Waals surface area contributed by atoms with Gasteiger partial charge in [0.25, 0.3) is 5.91 Å². The van der Waals surface area contributed by atoms with Crippen molar-refractivity contribution in [2.24, 2.45) is 5.10 Å². The van der Waals surface area contributed by atoms with E-state index in [0.717, 1.165) is 25.9 Å². The van der Waals surface area contributed by atoms with Crippen LogP contribution in [0, 0.1) is 5.82 Å². The molecule has 31 heavy (non-hydrogen) atoms. The number of halogens is 1. The quantitative estimate of drug-likeness (QED) is 0.488. The number of carbonyl (C=O) groups is 1. The molecule has 8 heteroatoms. The first kappa shape index (κ1) is 20.6. The lowest BCUT2D eigenvalue weighted by atomic mass is 10.1. The van der Waals surface area contributed by atoms with Crippen molar-refractivity contribution < 1.29 is 14.3 Å². The van der Waals surface area contributed by atoms with E-state index in [-0.39, 0.29) is 16.7 Å². The minimum absolute atomic E-state index is 0.0750. The van der Waals surface area contributed by atoms with Crippen LogP contribution in [0.2, 0.25) is 0 Å². The average Bonchev–Trinajstić information content (AvgIpc) is 3.28. The Kier molecular flexibility index (Phi) is 5.70. The van der Waals surface area contributed by atoms with Gasteiger partial charge < -0.3 is 14.6 Å². The Balaban J connectivity index is 1.68. The van der Waals surface area contributed by atoms with Crippen molar-refractivity contribution in [3.63, 3.8) is 0 Å². The summed E-state index contributed by atoms with van der Waals surface area (Å²) in [6.45, 7) is 3.98. The minimum atomic E-state index is -0.686. The highest BCUT2D eigenvalue weighted by Crippen LogP contribution is 2.28. The lowest BCUT2D eigenvalue weighted by Gasteiger charge is -2.20. The van der Waals surface area contributed by atoms with Gasteiger partial charge in [0.1, 0.15) is 17.1 Å². The van der Waals surface area contributed by atoms with E-state index in [4.69, 9.17) is 0 Å². The number of pyridine rings is 1. The fourth-order valence-electron chi connectivity index (χ4n) is 3.85. The fraction of sp³-hybridized carbons (Fsp3) is 0.261. The number of benzene rings is 2. The number of hydrogen-bond acceptors (Lipinski definition) is 5. The highest BCUT2D eigenvalue weighted by atomic mass is 19.1. The summed E-state index contributed by atoms with van der Waals surface area (Å²) in [6, 6.07) is 9.28. The molecule has 7 nitrogen and oxygen atoms in total. The summed E-state index contributed by atoms with van der Waals surface area (Å²) in [5, 5.41) is 13.5. The first-order chi connectivity index (χ1) is 15.0. The van der Waals surface area contributed by atoms with Gasteiger partial charge in [-0.25, -0.2) is 9.82 Å². The van der Waals surface area contributed by atoms with Gasteiger partial charge in [0, 0.05) is 31.2 Å². The minimum Gasteiger partial charge on any atom is -0.508 e. The third-order valence-electron chi connectivity index (χ3n) is 5.43. The van der Waals surface area contributed by atoms with Crippen LogP contribution in [-0.2, 0) is 6.54 Å². The molecule has 2 N–H and O–H groups in total. The Hall–Kier alpha value is -3.68. The molecule has 0 spiro atoms. The van der Waals surface area contributed by atoms with Crippen molar-refractivity contribution in [3.05, 3.63) is 69.8 Å². The summed E-state index contributed by atoms with van der Waals surface area (Å²) >= 11 is 0. The molecular weight excluding hydrogens is 399 g/mol. The van der Waals surface area contributed by atoms with Crippen LogP contribution in [0.5, 0.6) is 5.75 Å². The van der Waals surface area contributed by atoms with Crippen molar-refractivity contribution in [3.8, 4) is 5.75 Å². The lowest BCUT2D eigenvalue weighted by molar-refractivity contribution is 0.0953. The van der Waals surface area contributed by atoms with Crippen LogP contribution in [0.4, 0.5) is 10.1 Å². The Morgan fingerprint density at radius 3 is 2.74 bits per heavy atom. The van der Waals surface area contributed by atoms with Crippen LogP contribution in [0.1, 0.15) is 35.7 Å². The van der Waals surface area contributed by atoms with E-state index in [2.05, 4.69) is 10.5 Å². The van der Waals surface area contributed by atoms with E-state index in [1.165, 1.54) is 30.6 Å². The normalized spacial score (nSPS) is 13.9. The number of fused-ring (bicyclic) bond motifs is 1. The van der Waals surface area contributed by atoms with Crippen molar-refractivity contribution in [1.82, 2.24) is 9.99 Å². The fourth-order valence-corrected chi connectivity index (χ4v) is 3.85. The average molecular weight is 422 g/mol. The Morgan fingerprint density at radius 1 is 1.26 bits per heavy atom. The molecule has 1 fully saturated rings. The molecule has 0 saturated carbocycles. The van der Waals surface area contributed by atoms with Crippen LogP contribution in [0.25, 0.3) is 10.9 Å². The highest BCUT2D eigenvalue weighted by molar-refractivity contribution is 5.98. The van der Waals surface area contributed by atoms with E-state index in [1.807, 2.05) is 11.8 Å². The predicted octanol–water partition coefficient (Wildman–Crippen LogP) is 3.23. The SMILES string of the molecule is CCn1cc(C(=O)N/N=C/c2cccc(O)c2)c(=O)c2cc(F)c(N3CCCC3)cc21. The zero-order chi connectivity index (χ0) is 22.0. The van der Waals surface area contributed by atoms with Gasteiger partial charge in [-0.15, -0.1) is 0 Å². The Morgan fingerprint density at radius 2 is 2.03 bits per heavy atom. The van der Waals surface area contributed by atoms with Gasteiger partial charge in [-0.3, -0.25) is 9.59 Å². The summed E-state index contributed by atoms with van der Waals surface area (Å²) in [7, 11) is 0. The number of amides is 1. The molecule has 2 heterocycles. The molecule has 1 amide bonds. The number of anilines is 1. The molecule has 2 aromatic carbocycles. The second-order valence-electron chi connectivity index (χ2n) is 7.47. The van der Waals surface area contributed by atoms with Gasteiger partial charge in [-0.2, -0.15) is 5.10 Å². The number of aromatic hydroxyl groups is 1. The molecular formula is C23H23FN4O3. The number of phenolic OH excluding ortho intramolecular Hbond substituents is 1. The maximum atomic E-state index is 14.8. The smallest absolute Gasteiger partial charge is 0.276 e. The molecule has 3 aromatic rings. The number of hydrogen-bond donors (Lipinski definition) is 2. The number of hydrazone groups is 1. The summed E-state index contributed by atoms with van der Waals surface area (Å²) < 4.78 is 16.6. The van der Waals surface area contributed by atoms with Crippen LogP contribution in [0.15, 0.2) is 52.5 Å². The summed E-state index contributed by atoms with van der Waals surface area (Å²) in [4.78, 5) is 27.5. The summed E-state index contributed by atoms with van der Waals surface area (Å²) in [6.07, 6.45) is 4.87. The second-order valence-corrected chi connectivity index (χ2v) is 7.47. The summed E-state index contributed by atoms with van der Waals surface area (Å²) in [5.74, 6) is -1.07. The zero-order valence-corrected chi connectivity index (χ0v) is 17.1. The van der Waals surface area contributed by atoms with Crippen LogP contribution >= 0.6 is 0 Å². The number of aryl methyl sites for hydroxylation is 1. The molecule has 4 rings (SSSR count). The molecule has 1 saturated heterocycles. The van der Waals surface area contributed by atoms with Crippen molar-refractivity contribution in [2.45, 2.75) is 26.3 Å². The molecule has 0 radical (unpaired) electrons. The van der Waals surface area contributed by atoms with Crippen LogP contribution in [0.3, 0.4) is 0 Å². The van der Waals surface area contributed by atoms with Gasteiger partial charge in [0.2, 0.25) is 5.43 Å². The van der Waals surface area contributed by atoms with Gasteiger partial charge >= 0.3 is 0 Å². The van der Waals surface area contributed by atoms with Gasteiger partial charge in [0.05, 0.1) is 17.4 Å². The topological polar surface area (TPSA) is 86.9 Å². The largest absolute Gasteiger partial charge is 0.508 e. The first-order valence-electron chi connectivity index (χ1n) is 10.2. The Bertz CT molecular complexity index is 1230. The van der Waals surface area contributed by atoms with Gasteiger partial charge in [-0.05, 0) is 49.6 Å². The lowest BCUT2D eigenvalue weighted by Crippen LogP contribution is -2.27. The second kappa shape index (κ2) is 8.59. The number of nitrogens with zero attached hydrogens (tertiary/aromatic N) is 3. The van der Waals surface area contributed by atoms with Gasteiger partial charge in [0.15, 0.2) is 0 Å². The van der Waals surface area contributed by atoms with E-state index < -0.39 is 17.2 Å². The number of phenols is 1. The monoisotopic (exact) mass is 422 g/mol. The van der Waals surface area contributed by atoms with Gasteiger partial charge in [-0.1, -0.05) is 12.1 Å². The number of nitrogens with one attached hydrogen (secondary N) is 1. The maximum Gasteiger partial charge on any atom is 0.276 e. The molecule has 0 aliphatic carbocycles. The third kappa shape index (κ3) is 4.14. The molecule has 160 valence electrons.